The maximum atomic E-state index is 13.2. The second kappa shape index (κ2) is 9.25. The maximum absolute atomic E-state index is 13.2. The number of amides is 2. The number of fused-ring (bicyclic) bond motifs is 1. The molecule has 6 heteroatoms. The van der Waals surface area contributed by atoms with Gasteiger partial charge in [0.1, 0.15) is 5.75 Å². The second-order valence-electron chi connectivity index (χ2n) is 7.86. The summed E-state index contributed by atoms with van der Waals surface area (Å²) in [6.45, 7) is 6.98. The highest BCUT2D eigenvalue weighted by molar-refractivity contribution is 5.82. The molecule has 2 aromatic rings. The fraction of sp³-hybridized carbons (Fsp3) is 0.360. The number of para-hydroxylation sites is 2. The number of benzene rings is 2. The minimum absolute atomic E-state index is 0.0547. The molecule has 2 aliphatic heterocycles. The van der Waals surface area contributed by atoms with Crippen molar-refractivity contribution in [2.75, 3.05) is 37.7 Å². The van der Waals surface area contributed by atoms with Crippen molar-refractivity contribution in [3.63, 3.8) is 0 Å². The van der Waals surface area contributed by atoms with Gasteiger partial charge in [-0.1, -0.05) is 36.4 Å². The van der Waals surface area contributed by atoms with Gasteiger partial charge in [-0.15, -0.1) is 0 Å². The van der Waals surface area contributed by atoms with Gasteiger partial charge in [-0.3, -0.25) is 9.59 Å². The molecule has 0 saturated carbocycles. The van der Waals surface area contributed by atoms with E-state index in [2.05, 4.69) is 11.0 Å². The molecule has 6 nitrogen and oxygen atoms in total. The first-order valence-corrected chi connectivity index (χ1v) is 10.9. The first-order chi connectivity index (χ1) is 15.1. The minimum Gasteiger partial charge on any atom is -0.492 e. The monoisotopic (exact) mass is 419 g/mol. The molecule has 0 aliphatic carbocycles. The number of hydrogen-bond acceptors (Lipinski definition) is 4. The van der Waals surface area contributed by atoms with Gasteiger partial charge >= 0.3 is 0 Å². The Morgan fingerprint density at radius 1 is 1.00 bits per heavy atom. The van der Waals surface area contributed by atoms with Crippen LogP contribution in [-0.4, -0.2) is 54.4 Å². The van der Waals surface area contributed by atoms with Crippen molar-refractivity contribution >= 4 is 23.6 Å². The normalized spacial score (nSPS) is 18.0. The van der Waals surface area contributed by atoms with Gasteiger partial charge in [0.05, 0.1) is 24.8 Å². The molecule has 0 bridgehead atoms. The zero-order valence-corrected chi connectivity index (χ0v) is 18.2. The zero-order chi connectivity index (χ0) is 21.8. The summed E-state index contributed by atoms with van der Waals surface area (Å²) in [5.74, 6) is 0.910. The summed E-state index contributed by atoms with van der Waals surface area (Å²) in [6.07, 6.45) is 4.02. The van der Waals surface area contributed by atoms with Crippen molar-refractivity contribution in [1.82, 2.24) is 9.80 Å². The van der Waals surface area contributed by atoms with Crippen LogP contribution in [0.25, 0.3) is 6.08 Å². The van der Waals surface area contributed by atoms with Crippen molar-refractivity contribution < 1.29 is 14.3 Å². The maximum Gasteiger partial charge on any atom is 0.225 e. The van der Waals surface area contributed by atoms with E-state index in [0.29, 0.717) is 19.7 Å². The number of anilines is 1. The Morgan fingerprint density at radius 3 is 2.45 bits per heavy atom. The second-order valence-corrected chi connectivity index (χ2v) is 7.86. The van der Waals surface area contributed by atoms with Crippen molar-refractivity contribution in [3.8, 4) is 5.75 Å². The summed E-state index contributed by atoms with van der Waals surface area (Å²) in [7, 11) is 0. The third kappa shape index (κ3) is 4.43. The van der Waals surface area contributed by atoms with E-state index in [1.54, 1.807) is 18.0 Å². The summed E-state index contributed by atoms with van der Waals surface area (Å²) in [4.78, 5) is 31.2. The molecule has 1 unspecified atom stereocenters. The molecule has 2 aromatic carbocycles. The average molecular weight is 420 g/mol. The van der Waals surface area contributed by atoms with E-state index in [-0.39, 0.29) is 24.3 Å². The van der Waals surface area contributed by atoms with Crippen LogP contribution in [0.1, 0.15) is 37.4 Å². The molecule has 31 heavy (non-hydrogen) atoms. The highest BCUT2D eigenvalue weighted by atomic mass is 16.5. The number of carbonyl (C=O) groups is 2. The smallest absolute Gasteiger partial charge is 0.225 e. The van der Waals surface area contributed by atoms with Crippen LogP contribution < -0.4 is 9.64 Å². The first kappa shape index (κ1) is 21.0. The fourth-order valence-electron chi connectivity index (χ4n) is 4.40. The lowest BCUT2D eigenvalue weighted by Gasteiger charge is -2.38. The third-order valence-electron chi connectivity index (χ3n) is 5.98. The number of nitrogens with zero attached hydrogens (tertiary/aromatic N) is 3. The largest absolute Gasteiger partial charge is 0.492 e. The molecular formula is C25H29N3O3. The van der Waals surface area contributed by atoms with Gasteiger partial charge in [-0.05, 0) is 36.3 Å². The first-order valence-electron chi connectivity index (χ1n) is 10.9. The zero-order valence-electron chi connectivity index (χ0n) is 18.2. The molecule has 2 aliphatic rings. The van der Waals surface area contributed by atoms with Crippen LogP contribution in [0, 0.1) is 0 Å². The Kier molecular flexibility index (Phi) is 6.26. The topological polar surface area (TPSA) is 53.1 Å². The van der Waals surface area contributed by atoms with E-state index in [4.69, 9.17) is 4.74 Å². The summed E-state index contributed by atoms with van der Waals surface area (Å²) in [6, 6.07) is 15.8. The van der Waals surface area contributed by atoms with Gasteiger partial charge in [0.15, 0.2) is 0 Å². The Morgan fingerprint density at radius 2 is 1.71 bits per heavy atom. The predicted molar refractivity (Wildman–Crippen MR) is 122 cm³/mol. The quantitative estimate of drug-likeness (QED) is 0.742. The van der Waals surface area contributed by atoms with Gasteiger partial charge in [0.2, 0.25) is 11.8 Å². The number of ether oxygens (including phenoxy) is 1. The van der Waals surface area contributed by atoms with Crippen LogP contribution >= 0.6 is 0 Å². The lowest BCUT2D eigenvalue weighted by Crippen LogP contribution is -2.49. The number of piperazine rings is 1. The van der Waals surface area contributed by atoms with E-state index in [1.807, 2.05) is 60.4 Å². The van der Waals surface area contributed by atoms with Crippen LogP contribution in [0.2, 0.25) is 0 Å². The van der Waals surface area contributed by atoms with E-state index >= 15 is 0 Å². The standard InChI is InChI=1S/C25H29N3O3/c1-3-31-24-11-7-6-10-22(24)26-14-16-27(17-15-26)25(30)18-23-21-9-5-4-8-20(21)12-13-28(23)19(2)29/h4-13,23H,3,14-18H2,1-2H3. The van der Waals surface area contributed by atoms with Gasteiger partial charge < -0.3 is 19.4 Å². The van der Waals surface area contributed by atoms with Crippen molar-refractivity contribution in [2.45, 2.75) is 26.3 Å². The number of rotatable bonds is 5. The van der Waals surface area contributed by atoms with E-state index in [9.17, 15) is 9.59 Å². The number of carbonyl (C=O) groups excluding carboxylic acids is 2. The summed E-state index contributed by atoms with van der Waals surface area (Å²) < 4.78 is 5.77. The van der Waals surface area contributed by atoms with Crippen LogP contribution in [0.15, 0.2) is 54.7 Å². The summed E-state index contributed by atoms with van der Waals surface area (Å²) in [5, 5.41) is 0. The average Bonchev–Trinajstić information content (AvgIpc) is 2.80. The van der Waals surface area contributed by atoms with Crippen molar-refractivity contribution in [3.05, 3.63) is 65.9 Å². The molecular weight excluding hydrogens is 390 g/mol. The summed E-state index contributed by atoms with van der Waals surface area (Å²) in [5.41, 5.74) is 3.17. The molecule has 1 atom stereocenters. The van der Waals surface area contributed by atoms with E-state index < -0.39 is 0 Å². The molecule has 0 N–H and O–H groups in total. The van der Waals surface area contributed by atoms with Gasteiger partial charge in [-0.2, -0.15) is 0 Å². The molecule has 4 rings (SSSR count). The molecule has 0 radical (unpaired) electrons. The lowest BCUT2D eigenvalue weighted by molar-refractivity contribution is -0.134. The third-order valence-corrected chi connectivity index (χ3v) is 5.98. The van der Waals surface area contributed by atoms with Crippen LogP contribution in [0.5, 0.6) is 5.75 Å². The van der Waals surface area contributed by atoms with Gasteiger partial charge in [0.25, 0.3) is 0 Å². The van der Waals surface area contributed by atoms with Crippen LogP contribution in [-0.2, 0) is 9.59 Å². The predicted octanol–water partition coefficient (Wildman–Crippen LogP) is 3.70. The Bertz CT molecular complexity index is 979. The highest BCUT2D eigenvalue weighted by Gasteiger charge is 2.31. The highest BCUT2D eigenvalue weighted by Crippen LogP contribution is 2.34. The number of hydrogen-bond donors (Lipinski definition) is 0. The molecule has 2 amide bonds. The molecule has 0 aromatic heterocycles. The van der Waals surface area contributed by atoms with Crippen LogP contribution in [0.4, 0.5) is 5.69 Å². The van der Waals surface area contributed by atoms with E-state index in [0.717, 1.165) is 35.7 Å². The van der Waals surface area contributed by atoms with Crippen molar-refractivity contribution in [1.29, 1.82) is 0 Å². The summed E-state index contributed by atoms with van der Waals surface area (Å²) >= 11 is 0. The Labute approximate surface area is 183 Å². The lowest BCUT2D eigenvalue weighted by atomic mass is 9.93. The minimum atomic E-state index is -0.261. The fourth-order valence-corrected chi connectivity index (χ4v) is 4.40. The molecule has 0 spiro atoms. The SMILES string of the molecule is CCOc1ccccc1N1CCN(C(=O)CC2c3ccccc3C=CN2C(C)=O)CC1. The van der Waals surface area contributed by atoms with E-state index in [1.165, 1.54) is 0 Å². The van der Waals surface area contributed by atoms with Gasteiger partial charge in [-0.25, -0.2) is 0 Å². The molecule has 1 fully saturated rings. The Balaban J connectivity index is 1.43. The van der Waals surface area contributed by atoms with Crippen LogP contribution in [0.3, 0.4) is 0 Å². The molecule has 162 valence electrons. The molecule has 2 heterocycles. The molecule has 1 saturated heterocycles. The Hall–Kier alpha value is -3.28. The van der Waals surface area contributed by atoms with Gasteiger partial charge in [0, 0.05) is 39.3 Å². The van der Waals surface area contributed by atoms with Crippen molar-refractivity contribution in [2.24, 2.45) is 0 Å².